The van der Waals surface area contributed by atoms with Gasteiger partial charge in [0.1, 0.15) is 23.9 Å². The first-order valence-corrected chi connectivity index (χ1v) is 11.6. The fourth-order valence-electron chi connectivity index (χ4n) is 5.25. The zero-order chi connectivity index (χ0) is 25.9. The van der Waals surface area contributed by atoms with Crippen LogP contribution in [0, 0.1) is 11.6 Å². The van der Waals surface area contributed by atoms with Gasteiger partial charge >= 0.3 is 11.9 Å². The molecule has 2 saturated heterocycles. The van der Waals surface area contributed by atoms with E-state index in [1.807, 2.05) is 0 Å². The van der Waals surface area contributed by atoms with Gasteiger partial charge < -0.3 is 14.4 Å². The summed E-state index contributed by atoms with van der Waals surface area (Å²) >= 11 is 0. The fourth-order valence-corrected chi connectivity index (χ4v) is 5.25. The number of hydrogen-bond acceptors (Lipinski definition) is 7. The van der Waals surface area contributed by atoms with Crippen LogP contribution in [0.2, 0.25) is 0 Å². The van der Waals surface area contributed by atoms with Crippen molar-refractivity contribution in [2.75, 3.05) is 24.5 Å². The van der Waals surface area contributed by atoms with Crippen molar-refractivity contribution >= 4 is 5.82 Å². The van der Waals surface area contributed by atoms with E-state index in [1.165, 1.54) is 0 Å². The number of aromatic nitrogens is 3. The molecule has 0 N–H and O–H groups in total. The first kappa shape index (κ1) is 23.6. The van der Waals surface area contributed by atoms with Gasteiger partial charge in [-0.2, -0.15) is 18.2 Å². The Kier molecular flexibility index (Phi) is 5.55. The number of rotatable bonds is 5. The number of hydrogen-bond donors (Lipinski definition) is 0. The zero-order valence-corrected chi connectivity index (χ0v) is 19.2. The molecule has 0 spiro atoms. The minimum Gasteiger partial charge on any atom is -0.473 e. The highest BCUT2D eigenvalue weighted by Crippen LogP contribution is 2.36. The Bertz CT molecular complexity index is 1410. The number of nitrogens with zero attached hydrogens (tertiary/aromatic N) is 5. The van der Waals surface area contributed by atoms with E-state index in [0.717, 1.165) is 56.3 Å². The van der Waals surface area contributed by atoms with E-state index in [9.17, 15) is 26.7 Å². The van der Waals surface area contributed by atoms with Gasteiger partial charge in [-0.05, 0) is 30.2 Å². The summed E-state index contributed by atoms with van der Waals surface area (Å²) in [6.07, 6.45) is -2.90. The van der Waals surface area contributed by atoms with Gasteiger partial charge in [-0.25, -0.2) is 13.6 Å². The first-order chi connectivity index (χ1) is 17.7. The second kappa shape index (κ2) is 8.68. The number of anilines is 1. The lowest BCUT2D eigenvalue weighted by Gasteiger charge is -2.37. The second-order valence-corrected chi connectivity index (χ2v) is 9.26. The molecule has 37 heavy (non-hydrogen) atoms. The van der Waals surface area contributed by atoms with Crippen LogP contribution in [0.5, 0.6) is 17.4 Å². The summed E-state index contributed by atoms with van der Waals surface area (Å²) < 4.78 is 80.1. The Morgan fingerprint density at radius 1 is 1.03 bits per heavy atom. The van der Waals surface area contributed by atoms with Crippen LogP contribution in [0.15, 0.2) is 41.3 Å². The van der Waals surface area contributed by atoms with Crippen LogP contribution in [0.3, 0.4) is 0 Å². The van der Waals surface area contributed by atoms with Crippen molar-refractivity contribution < 1.29 is 31.4 Å². The largest absolute Gasteiger partial charge is 0.473 e. The third kappa shape index (κ3) is 4.37. The Balaban J connectivity index is 1.19. The smallest absolute Gasteiger partial charge is 0.433 e. The number of alkyl halides is 3. The minimum absolute atomic E-state index is 0.0370. The lowest BCUT2D eigenvalue weighted by molar-refractivity contribution is -0.141. The van der Waals surface area contributed by atoms with Gasteiger partial charge in [0.25, 0.3) is 0 Å². The summed E-state index contributed by atoms with van der Waals surface area (Å²) in [4.78, 5) is 24.4. The quantitative estimate of drug-likeness (QED) is 0.476. The van der Waals surface area contributed by atoms with Gasteiger partial charge in [-0.3, -0.25) is 14.5 Å². The summed E-state index contributed by atoms with van der Waals surface area (Å²) in [5.41, 5.74) is -1.63. The molecule has 0 aliphatic carbocycles. The summed E-state index contributed by atoms with van der Waals surface area (Å²) in [5, 5.41) is 0. The molecule has 3 atom stereocenters. The summed E-state index contributed by atoms with van der Waals surface area (Å²) in [6, 6.07) is 5.65. The number of fused-ring (bicyclic) bond motifs is 6. The SMILES string of the molecule is O=c1nc(OCc2cc(F)c(Oc3ccnc(C(F)(F)F)c3)c(F)c2)cc2n1C[C@H]1CN3CCC(C3)N21. The van der Waals surface area contributed by atoms with Crippen LogP contribution in [0.25, 0.3) is 0 Å². The molecule has 3 aliphatic heterocycles. The molecule has 5 heterocycles. The number of ether oxygens (including phenoxy) is 2. The van der Waals surface area contributed by atoms with Crippen molar-refractivity contribution in [2.45, 2.75) is 37.8 Å². The molecule has 194 valence electrons. The summed E-state index contributed by atoms with van der Waals surface area (Å²) in [5.74, 6) is -2.79. The fraction of sp³-hybridized carbons (Fsp3) is 0.375. The molecule has 0 amide bonds. The molecule has 2 fully saturated rings. The number of piperazine rings is 1. The highest BCUT2D eigenvalue weighted by atomic mass is 19.4. The Labute approximate surface area is 206 Å². The van der Waals surface area contributed by atoms with Crippen molar-refractivity contribution in [3.05, 3.63) is 69.9 Å². The zero-order valence-electron chi connectivity index (χ0n) is 19.2. The van der Waals surface area contributed by atoms with Gasteiger partial charge in [-0.1, -0.05) is 0 Å². The predicted octanol–water partition coefficient (Wildman–Crippen LogP) is 3.58. The average molecular weight is 521 g/mol. The topological polar surface area (TPSA) is 72.7 Å². The molecule has 3 aliphatic rings. The summed E-state index contributed by atoms with van der Waals surface area (Å²) in [6.45, 7) is 3.09. The van der Waals surface area contributed by atoms with Crippen molar-refractivity contribution in [1.82, 2.24) is 19.4 Å². The van der Waals surface area contributed by atoms with Crippen molar-refractivity contribution in [3.8, 4) is 17.4 Å². The number of pyridine rings is 1. The standard InChI is InChI=1S/C24H20F5N5O3/c25-17-5-13(6-18(26)22(17)37-16-1-3-30-19(7-16)24(27,28)29)12-36-20-8-21-33(23(35)31-20)11-15-10-32-4-2-14(9-32)34(15)21/h1,3,5-8,14-15H,2,4,9-12H2/t14?,15-/m1/s1. The van der Waals surface area contributed by atoms with E-state index >= 15 is 0 Å². The van der Waals surface area contributed by atoms with Gasteiger partial charge in [0.05, 0.1) is 12.6 Å². The predicted molar refractivity (Wildman–Crippen MR) is 120 cm³/mol. The van der Waals surface area contributed by atoms with Crippen LogP contribution < -0.4 is 20.1 Å². The average Bonchev–Trinajstić information content (AvgIpc) is 3.41. The molecular weight excluding hydrogens is 501 g/mol. The lowest BCUT2D eigenvalue weighted by Crippen LogP contribution is -2.52. The van der Waals surface area contributed by atoms with E-state index in [4.69, 9.17) is 9.47 Å². The third-order valence-electron chi connectivity index (χ3n) is 6.81. The number of halogens is 5. The van der Waals surface area contributed by atoms with Crippen molar-refractivity contribution in [2.24, 2.45) is 0 Å². The maximum Gasteiger partial charge on any atom is 0.433 e. The van der Waals surface area contributed by atoms with Gasteiger partial charge in [-0.15, -0.1) is 0 Å². The molecule has 1 aromatic carbocycles. The van der Waals surface area contributed by atoms with E-state index < -0.39 is 40.7 Å². The van der Waals surface area contributed by atoms with Crippen molar-refractivity contribution in [3.63, 3.8) is 0 Å². The highest BCUT2D eigenvalue weighted by molar-refractivity contribution is 5.49. The molecule has 2 bridgehead atoms. The third-order valence-corrected chi connectivity index (χ3v) is 6.81. The van der Waals surface area contributed by atoms with Crippen LogP contribution in [-0.2, 0) is 19.3 Å². The van der Waals surface area contributed by atoms with Gasteiger partial charge in [0, 0.05) is 44.0 Å². The molecule has 6 rings (SSSR count). The minimum atomic E-state index is -4.74. The van der Waals surface area contributed by atoms with Crippen LogP contribution in [0.4, 0.5) is 27.8 Å². The van der Waals surface area contributed by atoms with E-state index in [0.29, 0.717) is 18.7 Å². The second-order valence-electron chi connectivity index (χ2n) is 9.26. The molecule has 2 unspecified atom stereocenters. The van der Waals surface area contributed by atoms with Gasteiger partial charge in [0.15, 0.2) is 17.4 Å². The van der Waals surface area contributed by atoms with E-state index in [2.05, 4.69) is 19.8 Å². The van der Waals surface area contributed by atoms with Crippen molar-refractivity contribution in [1.29, 1.82) is 0 Å². The molecule has 0 radical (unpaired) electrons. The van der Waals surface area contributed by atoms with Crippen LogP contribution in [-0.4, -0.2) is 51.2 Å². The Hall–Kier alpha value is -3.74. The Morgan fingerprint density at radius 3 is 2.54 bits per heavy atom. The first-order valence-electron chi connectivity index (χ1n) is 11.6. The molecule has 8 nitrogen and oxygen atoms in total. The maximum atomic E-state index is 14.6. The normalized spacial score (nSPS) is 22.1. The van der Waals surface area contributed by atoms with Crippen LogP contribution in [0.1, 0.15) is 17.7 Å². The van der Waals surface area contributed by atoms with Gasteiger partial charge in [0.2, 0.25) is 5.88 Å². The molecule has 13 heteroatoms. The Morgan fingerprint density at radius 2 is 1.78 bits per heavy atom. The number of benzene rings is 1. The maximum absolute atomic E-state index is 14.6. The van der Waals surface area contributed by atoms with Crippen LogP contribution >= 0.6 is 0 Å². The lowest BCUT2D eigenvalue weighted by atomic mass is 10.1. The molecule has 2 aromatic heterocycles. The summed E-state index contributed by atoms with van der Waals surface area (Å²) in [7, 11) is 0. The molecular formula is C24H20F5N5O3. The van der Waals surface area contributed by atoms with E-state index in [-0.39, 0.29) is 24.1 Å². The van der Waals surface area contributed by atoms with E-state index in [1.54, 1.807) is 10.6 Å². The molecule has 3 aromatic rings. The molecule has 0 saturated carbocycles. The highest BCUT2D eigenvalue weighted by Gasteiger charge is 2.44. The monoisotopic (exact) mass is 521 g/mol.